The number of nitrogens with zero attached hydrogens (tertiary/aromatic N) is 1. The van der Waals surface area contributed by atoms with Gasteiger partial charge >= 0.3 is 6.03 Å². The molecular formula is C22H19N5O5S2. The summed E-state index contributed by atoms with van der Waals surface area (Å²) >= 11 is 0. The third-order valence-electron chi connectivity index (χ3n) is 4.84. The fourth-order valence-corrected chi connectivity index (χ4v) is 6.62. The summed E-state index contributed by atoms with van der Waals surface area (Å²) in [4.78, 5) is 26.4. The number of primary amides is 2. The molecule has 174 valence electrons. The van der Waals surface area contributed by atoms with Gasteiger partial charge in [-0.25, -0.2) is 17.4 Å². The van der Waals surface area contributed by atoms with E-state index in [0.717, 1.165) is 3.71 Å². The molecule has 0 saturated carbocycles. The Morgan fingerprint density at radius 3 is 2.12 bits per heavy atom. The van der Waals surface area contributed by atoms with Crippen molar-refractivity contribution in [2.45, 2.75) is 9.79 Å². The minimum absolute atomic E-state index is 0.0259. The maximum Gasteiger partial charge on any atom is 0.317 e. The number of hydrogen-bond donors (Lipinski definition) is 4. The molecule has 1 heterocycles. The number of urea groups is 1. The molecule has 1 unspecified atom stereocenters. The summed E-state index contributed by atoms with van der Waals surface area (Å²) in [5.74, 6) is -0.863. The Balaban J connectivity index is 1.93. The Hall–Kier alpha value is -4.16. The fourth-order valence-electron chi connectivity index (χ4n) is 3.42. The number of hydrogen-bond acceptors (Lipinski definition) is 5. The molecule has 3 aromatic carbocycles. The zero-order valence-corrected chi connectivity index (χ0v) is 19.1. The van der Waals surface area contributed by atoms with Crippen molar-refractivity contribution in [1.29, 1.82) is 0 Å². The van der Waals surface area contributed by atoms with E-state index in [0.29, 0.717) is 5.39 Å². The number of benzene rings is 3. The summed E-state index contributed by atoms with van der Waals surface area (Å²) in [6, 6.07) is 19.0. The predicted molar refractivity (Wildman–Crippen MR) is 129 cm³/mol. The average Bonchev–Trinajstić information content (AvgIpc) is 3.16. The highest BCUT2D eigenvalue weighted by Gasteiger charge is 2.32. The van der Waals surface area contributed by atoms with Crippen molar-refractivity contribution in [1.82, 2.24) is 4.98 Å². The summed E-state index contributed by atoms with van der Waals surface area (Å²) in [6.07, 6.45) is 0. The first kappa shape index (κ1) is 23.0. The number of rotatable bonds is 7. The van der Waals surface area contributed by atoms with Crippen LogP contribution in [0.2, 0.25) is 0 Å². The smallest absolute Gasteiger partial charge is 0.317 e. The molecular weight excluding hydrogens is 478 g/mol. The molecule has 0 radical (unpaired) electrons. The number of carbonyl (C=O) groups is 2. The van der Waals surface area contributed by atoms with E-state index >= 15 is 0 Å². The Bertz CT molecular complexity index is 1520. The number of carbonyl (C=O) groups excluding carboxylic acids is 2. The van der Waals surface area contributed by atoms with E-state index < -0.39 is 32.9 Å². The van der Waals surface area contributed by atoms with Crippen LogP contribution in [-0.2, 0) is 21.0 Å². The highest BCUT2D eigenvalue weighted by Crippen LogP contribution is 2.33. The van der Waals surface area contributed by atoms with Crippen LogP contribution >= 0.6 is 0 Å². The molecule has 0 saturated heterocycles. The summed E-state index contributed by atoms with van der Waals surface area (Å²) < 4.78 is 41.5. The minimum atomic E-state index is -4.27. The number of amides is 3. The molecule has 0 aliphatic carbocycles. The second-order valence-electron chi connectivity index (χ2n) is 7.07. The van der Waals surface area contributed by atoms with Crippen LogP contribution in [0.5, 0.6) is 0 Å². The number of aromatic nitrogens is 1. The lowest BCUT2D eigenvalue weighted by molar-refractivity contribution is 0.100. The van der Waals surface area contributed by atoms with E-state index in [-0.39, 0.29) is 32.4 Å². The molecule has 0 aliphatic heterocycles. The van der Waals surface area contributed by atoms with E-state index in [4.69, 9.17) is 11.5 Å². The lowest BCUT2D eigenvalue weighted by Gasteiger charge is -2.23. The van der Waals surface area contributed by atoms with E-state index in [9.17, 15) is 22.2 Å². The summed E-state index contributed by atoms with van der Waals surface area (Å²) in [6.45, 7) is 0. The van der Waals surface area contributed by atoms with Crippen LogP contribution in [0.4, 0.5) is 16.3 Å². The summed E-state index contributed by atoms with van der Waals surface area (Å²) in [5, 5.41) is 2.61. The molecule has 3 amide bonds. The van der Waals surface area contributed by atoms with Crippen LogP contribution in [0.15, 0.2) is 88.7 Å². The molecule has 34 heavy (non-hydrogen) atoms. The normalized spacial score (nSPS) is 12.2. The number of sulfonamides is 1. The van der Waals surface area contributed by atoms with Crippen molar-refractivity contribution in [2.75, 3.05) is 9.03 Å². The largest absolute Gasteiger partial charge is 0.365 e. The zero-order valence-electron chi connectivity index (χ0n) is 17.5. The van der Waals surface area contributed by atoms with Crippen molar-refractivity contribution in [3.05, 3.63) is 84.4 Å². The number of aromatic amines is 1. The van der Waals surface area contributed by atoms with Crippen LogP contribution in [0.3, 0.4) is 0 Å². The molecule has 12 heteroatoms. The highest BCUT2D eigenvalue weighted by molar-refractivity contribution is 8.07. The van der Waals surface area contributed by atoms with E-state index in [1.165, 1.54) is 30.3 Å². The van der Waals surface area contributed by atoms with Gasteiger partial charge < -0.3 is 16.5 Å². The van der Waals surface area contributed by atoms with E-state index in [1.54, 1.807) is 48.5 Å². The van der Waals surface area contributed by atoms with Gasteiger partial charge in [-0.15, -0.1) is 0 Å². The topological polar surface area (TPSA) is 168 Å². The quantitative estimate of drug-likeness (QED) is 0.307. The highest BCUT2D eigenvalue weighted by atomic mass is 32.3. The van der Waals surface area contributed by atoms with Gasteiger partial charge in [0, 0.05) is 10.9 Å². The third kappa shape index (κ3) is 4.23. The second-order valence-corrected chi connectivity index (χ2v) is 10.4. The van der Waals surface area contributed by atoms with Crippen molar-refractivity contribution < 1.29 is 22.2 Å². The van der Waals surface area contributed by atoms with Gasteiger partial charge in [0.2, 0.25) is 0 Å². The molecule has 0 spiro atoms. The fraction of sp³-hybridized carbons (Fsp3) is 0. The Morgan fingerprint density at radius 1 is 0.912 bits per heavy atom. The number of anilines is 2. The molecule has 0 aliphatic rings. The Kier molecular flexibility index (Phi) is 6.09. The van der Waals surface area contributed by atoms with Crippen molar-refractivity contribution in [3.8, 4) is 0 Å². The van der Waals surface area contributed by atoms with Crippen molar-refractivity contribution in [2.24, 2.45) is 11.5 Å². The van der Waals surface area contributed by atoms with Gasteiger partial charge in [0.05, 0.1) is 21.0 Å². The van der Waals surface area contributed by atoms with Crippen LogP contribution in [0.25, 0.3) is 10.9 Å². The van der Waals surface area contributed by atoms with Gasteiger partial charge in [0.15, 0.2) is 11.0 Å². The minimum Gasteiger partial charge on any atom is -0.365 e. The first-order valence-corrected chi connectivity index (χ1v) is 12.3. The standard InChI is InChI=1S/C22H19N5O5S2/c23-20(28)19-17-12-11-14(13-18(17)25-21(19)26-22(24)29)27(33(30)15-7-3-1-4-8-15)34(31,32)16-9-5-2-6-10-16/h1-13,25H,(H2,23,28)(H3,24,26,29). The van der Waals surface area contributed by atoms with Gasteiger partial charge in [0.1, 0.15) is 5.82 Å². The predicted octanol–water partition coefficient (Wildman–Crippen LogP) is 2.68. The van der Waals surface area contributed by atoms with Crippen molar-refractivity contribution >= 4 is 55.4 Å². The molecule has 4 aromatic rings. The SMILES string of the molecule is NC(=O)Nc1[nH]c2cc(N(S(=O)c3ccccc3)S(=O)(=O)c3ccccc3)ccc2c1C(N)=O. The van der Waals surface area contributed by atoms with Crippen LogP contribution < -0.4 is 20.5 Å². The van der Waals surface area contributed by atoms with Gasteiger partial charge in [-0.3, -0.25) is 10.1 Å². The first-order chi connectivity index (χ1) is 16.2. The summed E-state index contributed by atoms with van der Waals surface area (Å²) in [5.41, 5.74) is 10.9. The summed E-state index contributed by atoms with van der Waals surface area (Å²) in [7, 11) is -6.42. The van der Waals surface area contributed by atoms with Gasteiger partial charge in [-0.05, 0) is 42.5 Å². The maximum absolute atomic E-state index is 13.6. The molecule has 0 bridgehead atoms. The van der Waals surface area contributed by atoms with E-state index in [2.05, 4.69) is 10.3 Å². The van der Waals surface area contributed by atoms with E-state index in [1.807, 2.05) is 0 Å². The number of nitrogens with two attached hydrogens (primary N) is 2. The Labute approximate surface area is 197 Å². The maximum atomic E-state index is 13.6. The number of H-pyrrole nitrogens is 1. The average molecular weight is 498 g/mol. The molecule has 6 N–H and O–H groups in total. The lowest BCUT2D eigenvalue weighted by atomic mass is 10.1. The number of nitrogens with one attached hydrogen (secondary N) is 2. The van der Waals surface area contributed by atoms with Crippen LogP contribution in [-0.4, -0.2) is 29.5 Å². The Morgan fingerprint density at radius 2 is 1.53 bits per heavy atom. The number of fused-ring (bicyclic) bond motifs is 1. The van der Waals surface area contributed by atoms with Crippen LogP contribution in [0.1, 0.15) is 10.4 Å². The van der Waals surface area contributed by atoms with Gasteiger partial charge in [0.25, 0.3) is 15.9 Å². The van der Waals surface area contributed by atoms with Gasteiger partial charge in [-0.1, -0.05) is 36.4 Å². The van der Waals surface area contributed by atoms with Crippen molar-refractivity contribution in [3.63, 3.8) is 0 Å². The lowest BCUT2D eigenvalue weighted by Crippen LogP contribution is -2.33. The monoisotopic (exact) mass is 497 g/mol. The molecule has 4 rings (SSSR count). The zero-order chi connectivity index (χ0) is 24.5. The van der Waals surface area contributed by atoms with Crippen LogP contribution in [0, 0.1) is 0 Å². The third-order valence-corrected chi connectivity index (χ3v) is 8.54. The molecule has 0 fully saturated rings. The first-order valence-electron chi connectivity index (χ1n) is 9.79. The molecule has 1 atom stereocenters. The molecule has 10 nitrogen and oxygen atoms in total. The molecule has 1 aromatic heterocycles. The second kappa shape index (κ2) is 9.00. The van der Waals surface area contributed by atoms with Gasteiger partial charge in [-0.2, -0.15) is 3.71 Å².